The molecule has 0 aliphatic rings. The zero-order chi connectivity index (χ0) is 12.0. The molecule has 0 atom stereocenters. The number of halogens is 1. The molecule has 90 valence electrons. The summed E-state index contributed by atoms with van der Waals surface area (Å²) >= 11 is 0. The van der Waals surface area contributed by atoms with E-state index < -0.39 is 8.32 Å². The van der Waals surface area contributed by atoms with Gasteiger partial charge >= 0.3 is 0 Å². The van der Waals surface area contributed by atoms with E-state index in [9.17, 15) is 4.39 Å². The molecular formula is C13H21FOSi. The minimum absolute atomic E-state index is 0.135. The van der Waals surface area contributed by atoms with Crippen LogP contribution in [-0.4, -0.2) is 15.4 Å². The fourth-order valence-electron chi connectivity index (χ4n) is 1.67. The van der Waals surface area contributed by atoms with Gasteiger partial charge < -0.3 is 4.43 Å². The van der Waals surface area contributed by atoms with Gasteiger partial charge in [-0.05, 0) is 49.7 Å². The molecule has 0 aromatic heterocycles. The average Bonchev–Trinajstić information content (AvgIpc) is 2.25. The first kappa shape index (κ1) is 13.4. The molecule has 0 unspecified atom stereocenters. The molecule has 0 spiro atoms. The van der Waals surface area contributed by atoms with Crippen LogP contribution in [0, 0.1) is 5.82 Å². The Labute approximate surface area is 98.8 Å². The number of benzene rings is 1. The Morgan fingerprint density at radius 1 is 1.25 bits per heavy atom. The standard InChI is InChI=1S/C13H21FOSi/c1-15-16(2,3)10-5-4-7-12-8-6-9-13(14)11-12/h6,8-9,11H,4-5,7,10H2,1-3H3. The molecule has 0 heterocycles. The highest BCUT2D eigenvalue weighted by molar-refractivity contribution is 6.71. The average molecular weight is 240 g/mol. The molecule has 0 aliphatic heterocycles. The molecule has 0 radical (unpaired) electrons. The van der Waals surface area contributed by atoms with E-state index in [1.54, 1.807) is 19.2 Å². The molecule has 1 aromatic rings. The van der Waals surface area contributed by atoms with Crippen LogP contribution in [0.2, 0.25) is 19.1 Å². The van der Waals surface area contributed by atoms with Gasteiger partial charge in [-0.25, -0.2) is 4.39 Å². The van der Waals surface area contributed by atoms with E-state index in [1.165, 1.54) is 18.5 Å². The van der Waals surface area contributed by atoms with Gasteiger partial charge in [-0.2, -0.15) is 0 Å². The molecule has 1 nitrogen and oxygen atoms in total. The van der Waals surface area contributed by atoms with E-state index in [-0.39, 0.29) is 5.82 Å². The summed E-state index contributed by atoms with van der Waals surface area (Å²) in [5.41, 5.74) is 1.09. The molecule has 16 heavy (non-hydrogen) atoms. The van der Waals surface area contributed by atoms with Gasteiger partial charge in [-0.15, -0.1) is 0 Å². The highest BCUT2D eigenvalue weighted by atomic mass is 28.4. The highest BCUT2D eigenvalue weighted by Crippen LogP contribution is 2.16. The van der Waals surface area contributed by atoms with Crippen LogP contribution in [0.15, 0.2) is 24.3 Å². The van der Waals surface area contributed by atoms with Crippen LogP contribution in [0.3, 0.4) is 0 Å². The summed E-state index contributed by atoms with van der Waals surface area (Å²) < 4.78 is 18.4. The van der Waals surface area contributed by atoms with Crippen molar-refractivity contribution in [2.45, 2.75) is 38.4 Å². The fraction of sp³-hybridized carbons (Fsp3) is 0.538. The van der Waals surface area contributed by atoms with Crippen LogP contribution in [0.1, 0.15) is 18.4 Å². The molecule has 0 bridgehead atoms. The number of rotatable bonds is 6. The minimum Gasteiger partial charge on any atom is -0.420 e. The van der Waals surface area contributed by atoms with Crippen molar-refractivity contribution >= 4 is 8.32 Å². The lowest BCUT2D eigenvalue weighted by Crippen LogP contribution is -2.27. The Hall–Kier alpha value is -0.673. The first-order chi connectivity index (χ1) is 7.53. The van der Waals surface area contributed by atoms with Crippen LogP contribution >= 0.6 is 0 Å². The minimum atomic E-state index is -1.40. The van der Waals surface area contributed by atoms with Crippen LogP contribution in [0.25, 0.3) is 0 Å². The van der Waals surface area contributed by atoms with Crippen molar-refractivity contribution in [1.29, 1.82) is 0 Å². The highest BCUT2D eigenvalue weighted by Gasteiger charge is 2.19. The zero-order valence-electron chi connectivity index (χ0n) is 10.4. The second kappa shape index (κ2) is 6.16. The lowest BCUT2D eigenvalue weighted by molar-refractivity contribution is 0.401. The predicted molar refractivity (Wildman–Crippen MR) is 68.6 cm³/mol. The van der Waals surface area contributed by atoms with Gasteiger partial charge in [0.15, 0.2) is 8.32 Å². The van der Waals surface area contributed by atoms with E-state index in [2.05, 4.69) is 13.1 Å². The first-order valence-corrected chi connectivity index (χ1v) is 8.95. The quantitative estimate of drug-likeness (QED) is 0.539. The van der Waals surface area contributed by atoms with Gasteiger partial charge in [0.25, 0.3) is 0 Å². The zero-order valence-corrected chi connectivity index (χ0v) is 11.4. The Balaban J connectivity index is 2.26. The smallest absolute Gasteiger partial charge is 0.186 e. The Kier molecular flexibility index (Phi) is 5.15. The Bertz CT molecular complexity index is 325. The van der Waals surface area contributed by atoms with Gasteiger partial charge in [-0.3, -0.25) is 0 Å². The van der Waals surface area contributed by atoms with Gasteiger partial charge in [0.1, 0.15) is 5.82 Å². The maximum atomic E-state index is 12.9. The summed E-state index contributed by atoms with van der Waals surface area (Å²) in [5, 5.41) is 0. The SMILES string of the molecule is CO[Si](C)(C)CCCCc1cccc(F)c1. The van der Waals surface area contributed by atoms with E-state index in [0.717, 1.165) is 18.4 Å². The molecule has 0 fully saturated rings. The van der Waals surface area contributed by atoms with Crippen LogP contribution in [0.5, 0.6) is 0 Å². The van der Waals surface area contributed by atoms with Gasteiger partial charge in [0.2, 0.25) is 0 Å². The number of unbranched alkanes of at least 4 members (excludes halogenated alkanes) is 1. The van der Waals surface area contributed by atoms with Crippen molar-refractivity contribution in [3.05, 3.63) is 35.6 Å². The van der Waals surface area contributed by atoms with Gasteiger partial charge in [0.05, 0.1) is 0 Å². The summed E-state index contributed by atoms with van der Waals surface area (Å²) in [6, 6.07) is 8.06. The second-order valence-corrected chi connectivity index (χ2v) is 9.23. The molecule has 0 amide bonds. The third-order valence-corrected chi connectivity index (χ3v) is 5.60. The molecule has 0 N–H and O–H groups in total. The van der Waals surface area contributed by atoms with Crippen LogP contribution < -0.4 is 0 Å². The normalized spacial score (nSPS) is 11.8. The van der Waals surface area contributed by atoms with E-state index in [4.69, 9.17) is 4.43 Å². The molecule has 1 aromatic carbocycles. The summed E-state index contributed by atoms with van der Waals surface area (Å²) in [6.45, 7) is 4.46. The molecular weight excluding hydrogens is 219 g/mol. The lowest BCUT2D eigenvalue weighted by atomic mass is 10.1. The monoisotopic (exact) mass is 240 g/mol. The third kappa shape index (κ3) is 4.90. The van der Waals surface area contributed by atoms with Crippen molar-refractivity contribution in [2.75, 3.05) is 7.11 Å². The van der Waals surface area contributed by atoms with Crippen molar-refractivity contribution in [1.82, 2.24) is 0 Å². The Morgan fingerprint density at radius 3 is 2.62 bits per heavy atom. The van der Waals surface area contributed by atoms with E-state index >= 15 is 0 Å². The Morgan fingerprint density at radius 2 is 2.00 bits per heavy atom. The third-order valence-electron chi connectivity index (χ3n) is 2.94. The number of hydrogen-bond acceptors (Lipinski definition) is 1. The maximum Gasteiger partial charge on any atom is 0.186 e. The van der Waals surface area contributed by atoms with Crippen molar-refractivity contribution in [3.63, 3.8) is 0 Å². The molecule has 0 saturated carbocycles. The van der Waals surface area contributed by atoms with Crippen LogP contribution in [0.4, 0.5) is 4.39 Å². The summed E-state index contributed by atoms with van der Waals surface area (Å²) in [5.74, 6) is -0.135. The summed E-state index contributed by atoms with van der Waals surface area (Å²) in [4.78, 5) is 0. The molecule has 0 aliphatic carbocycles. The molecule has 3 heteroatoms. The van der Waals surface area contributed by atoms with Crippen molar-refractivity contribution in [2.24, 2.45) is 0 Å². The van der Waals surface area contributed by atoms with Gasteiger partial charge in [-0.1, -0.05) is 18.6 Å². The summed E-state index contributed by atoms with van der Waals surface area (Å²) in [6.07, 6.45) is 3.25. The van der Waals surface area contributed by atoms with Gasteiger partial charge in [0, 0.05) is 7.11 Å². The topological polar surface area (TPSA) is 9.23 Å². The fourth-order valence-corrected chi connectivity index (χ4v) is 2.98. The predicted octanol–water partition coefficient (Wildman–Crippen LogP) is 4.00. The maximum absolute atomic E-state index is 12.9. The van der Waals surface area contributed by atoms with Crippen molar-refractivity contribution < 1.29 is 8.82 Å². The number of hydrogen-bond donors (Lipinski definition) is 0. The molecule has 0 saturated heterocycles. The first-order valence-electron chi connectivity index (χ1n) is 5.83. The van der Waals surface area contributed by atoms with Crippen LogP contribution in [-0.2, 0) is 10.8 Å². The second-order valence-electron chi connectivity index (χ2n) is 4.80. The summed E-state index contributed by atoms with van der Waals surface area (Å²) in [7, 11) is 0.404. The lowest BCUT2D eigenvalue weighted by Gasteiger charge is -2.19. The van der Waals surface area contributed by atoms with E-state index in [1.807, 2.05) is 6.07 Å². The van der Waals surface area contributed by atoms with Crippen molar-refractivity contribution in [3.8, 4) is 0 Å². The largest absolute Gasteiger partial charge is 0.420 e. The number of aryl methyl sites for hydroxylation is 1. The van der Waals surface area contributed by atoms with E-state index in [0.29, 0.717) is 0 Å². The molecule has 1 rings (SSSR count).